The lowest BCUT2D eigenvalue weighted by atomic mass is 9.92. The summed E-state index contributed by atoms with van der Waals surface area (Å²) in [5.74, 6) is -1.21. The number of nitrogens with one attached hydrogen (secondary N) is 3. The Bertz CT molecular complexity index is 1030. The highest BCUT2D eigenvalue weighted by Crippen LogP contribution is 2.29. The van der Waals surface area contributed by atoms with E-state index in [1.54, 1.807) is 62.4 Å². The minimum absolute atomic E-state index is 0.364. The van der Waals surface area contributed by atoms with E-state index in [1.165, 1.54) is 18.9 Å². The third-order valence-corrected chi connectivity index (χ3v) is 5.87. The van der Waals surface area contributed by atoms with Gasteiger partial charge in [-0.1, -0.05) is 24.3 Å². The Labute approximate surface area is 177 Å². The first-order valence-electron chi connectivity index (χ1n) is 9.13. The van der Waals surface area contributed by atoms with Gasteiger partial charge in [-0.2, -0.15) is 0 Å². The molecular formula is C21H21N3O5S. The molecule has 30 heavy (non-hydrogen) atoms. The van der Waals surface area contributed by atoms with Gasteiger partial charge in [0.2, 0.25) is 0 Å². The predicted octanol–water partition coefficient (Wildman–Crippen LogP) is 2.65. The van der Waals surface area contributed by atoms with E-state index in [2.05, 4.69) is 16.0 Å². The maximum Gasteiger partial charge on any atom is 0.322 e. The molecule has 1 heterocycles. The van der Waals surface area contributed by atoms with Crippen LogP contribution < -0.4 is 16.0 Å². The van der Waals surface area contributed by atoms with E-state index >= 15 is 0 Å². The van der Waals surface area contributed by atoms with Crippen molar-refractivity contribution in [3.8, 4) is 0 Å². The Hall–Kier alpha value is -3.33. The predicted molar refractivity (Wildman–Crippen MR) is 112 cm³/mol. The van der Waals surface area contributed by atoms with Crippen LogP contribution in [-0.4, -0.2) is 36.2 Å². The van der Waals surface area contributed by atoms with Crippen molar-refractivity contribution in [2.75, 3.05) is 12.4 Å². The number of amides is 4. The average Bonchev–Trinajstić information content (AvgIpc) is 3.00. The fourth-order valence-electron chi connectivity index (χ4n) is 3.01. The van der Waals surface area contributed by atoms with Crippen molar-refractivity contribution in [1.82, 2.24) is 10.6 Å². The summed E-state index contributed by atoms with van der Waals surface area (Å²) in [6, 6.07) is 13.1. The van der Waals surface area contributed by atoms with Gasteiger partial charge >= 0.3 is 12.0 Å². The van der Waals surface area contributed by atoms with E-state index in [1.807, 2.05) is 0 Å². The zero-order valence-electron chi connectivity index (χ0n) is 16.6. The van der Waals surface area contributed by atoms with Crippen molar-refractivity contribution in [3.63, 3.8) is 0 Å². The zero-order chi connectivity index (χ0) is 21.9. The van der Waals surface area contributed by atoms with Gasteiger partial charge in [-0.05, 0) is 43.7 Å². The number of hydrogen-bond donors (Lipinski definition) is 3. The molecule has 0 spiro atoms. The first kappa shape index (κ1) is 21.4. The smallest absolute Gasteiger partial charge is 0.322 e. The molecule has 4 amide bonds. The lowest BCUT2D eigenvalue weighted by Crippen LogP contribution is -2.40. The number of imide groups is 1. The number of rotatable bonds is 6. The Morgan fingerprint density at radius 3 is 2.53 bits per heavy atom. The number of esters is 1. The van der Waals surface area contributed by atoms with Gasteiger partial charge < -0.3 is 15.4 Å². The van der Waals surface area contributed by atoms with Crippen LogP contribution in [0.15, 0.2) is 53.4 Å². The van der Waals surface area contributed by atoms with Crippen LogP contribution in [0.1, 0.15) is 29.8 Å². The normalized spacial score (nSPS) is 18.9. The summed E-state index contributed by atoms with van der Waals surface area (Å²) in [6.07, 6.45) is 0. The lowest BCUT2D eigenvalue weighted by Gasteiger charge is -2.22. The number of thioether (sulfide) groups is 1. The van der Waals surface area contributed by atoms with Crippen molar-refractivity contribution < 1.29 is 23.9 Å². The number of methoxy groups -OCH3 is 1. The van der Waals surface area contributed by atoms with Crippen LogP contribution in [0.3, 0.4) is 0 Å². The van der Waals surface area contributed by atoms with Gasteiger partial charge in [0, 0.05) is 10.6 Å². The van der Waals surface area contributed by atoms with Crippen LogP contribution in [-0.2, 0) is 19.9 Å². The maximum atomic E-state index is 12.9. The van der Waals surface area contributed by atoms with E-state index < -0.39 is 22.7 Å². The van der Waals surface area contributed by atoms with E-state index in [0.29, 0.717) is 21.7 Å². The molecular weight excluding hydrogens is 406 g/mol. The summed E-state index contributed by atoms with van der Waals surface area (Å²) in [5.41, 5.74) is 0.183. The molecule has 2 aromatic rings. The maximum absolute atomic E-state index is 12.9. The number of urea groups is 1. The molecule has 0 saturated carbocycles. The minimum atomic E-state index is -1.22. The fourth-order valence-corrected chi connectivity index (χ4v) is 4.03. The highest BCUT2D eigenvalue weighted by molar-refractivity contribution is 8.00. The molecule has 2 atom stereocenters. The Morgan fingerprint density at radius 2 is 1.87 bits per heavy atom. The van der Waals surface area contributed by atoms with Crippen LogP contribution in [0.25, 0.3) is 0 Å². The molecule has 8 nitrogen and oxygen atoms in total. The van der Waals surface area contributed by atoms with Gasteiger partial charge in [0.05, 0.1) is 12.7 Å². The largest absolute Gasteiger partial charge is 0.468 e. The summed E-state index contributed by atoms with van der Waals surface area (Å²) in [5, 5.41) is 7.14. The number of carbonyl (C=O) groups is 4. The molecule has 0 bridgehead atoms. The third kappa shape index (κ3) is 4.30. The first-order chi connectivity index (χ1) is 14.2. The van der Waals surface area contributed by atoms with Crippen LogP contribution in [0.2, 0.25) is 0 Å². The van der Waals surface area contributed by atoms with Gasteiger partial charge in [-0.25, -0.2) is 4.79 Å². The number of hydrogen-bond acceptors (Lipinski definition) is 6. The van der Waals surface area contributed by atoms with E-state index in [0.717, 1.165) is 0 Å². The van der Waals surface area contributed by atoms with Gasteiger partial charge in [0.15, 0.2) is 0 Å². The molecule has 9 heteroatoms. The SMILES string of the molecule is COC(=O)[C@@H](C)Sc1ccccc1C(=O)Nc1cccc([C@@]2(C)NC(=O)NC2=O)c1. The van der Waals surface area contributed by atoms with Crippen molar-refractivity contribution >= 4 is 41.3 Å². The molecule has 3 rings (SSSR count). The second kappa shape index (κ2) is 8.58. The summed E-state index contributed by atoms with van der Waals surface area (Å²) < 4.78 is 4.74. The molecule has 0 radical (unpaired) electrons. The molecule has 0 unspecified atom stereocenters. The van der Waals surface area contributed by atoms with E-state index in [4.69, 9.17) is 4.74 Å². The third-order valence-electron chi connectivity index (χ3n) is 4.71. The van der Waals surface area contributed by atoms with Crippen molar-refractivity contribution in [2.24, 2.45) is 0 Å². The van der Waals surface area contributed by atoms with Crippen LogP contribution in [0, 0.1) is 0 Å². The Balaban J connectivity index is 1.82. The number of anilines is 1. The molecule has 3 N–H and O–H groups in total. The minimum Gasteiger partial charge on any atom is -0.468 e. The molecule has 2 aromatic carbocycles. The molecule has 1 fully saturated rings. The molecule has 1 aliphatic heterocycles. The molecule has 0 aromatic heterocycles. The van der Waals surface area contributed by atoms with Gasteiger partial charge in [0.25, 0.3) is 11.8 Å². The lowest BCUT2D eigenvalue weighted by molar-refractivity contribution is -0.139. The second-order valence-electron chi connectivity index (χ2n) is 6.85. The number of benzene rings is 2. The zero-order valence-corrected chi connectivity index (χ0v) is 17.5. The summed E-state index contributed by atoms with van der Waals surface area (Å²) in [4.78, 5) is 49.0. The van der Waals surface area contributed by atoms with Crippen molar-refractivity contribution in [1.29, 1.82) is 0 Å². The quantitative estimate of drug-likeness (QED) is 0.371. The highest BCUT2D eigenvalue weighted by Gasteiger charge is 2.43. The molecule has 0 aliphatic carbocycles. The van der Waals surface area contributed by atoms with Crippen LogP contribution in [0.5, 0.6) is 0 Å². The number of ether oxygens (including phenoxy) is 1. The summed E-state index contributed by atoms with van der Waals surface area (Å²) >= 11 is 1.23. The summed E-state index contributed by atoms with van der Waals surface area (Å²) in [6.45, 7) is 3.30. The summed E-state index contributed by atoms with van der Waals surface area (Å²) in [7, 11) is 1.32. The van der Waals surface area contributed by atoms with Crippen LogP contribution >= 0.6 is 11.8 Å². The Morgan fingerprint density at radius 1 is 1.13 bits per heavy atom. The Kier molecular flexibility index (Phi) is 6.12. The number of carbonyl (C=O) groups excluding carboxylic acids is 4. The topological polar surface area (TPSA) is 114 Å². The van der Waals surface area contributed by atoms with Crippen LogP contribution in [0.4, 0.5) is 10.5 Å². The van der Waals surface area contributed by atoms with Crippen molar-refractivity contribution in [3.05, 3.63) is 59.7 Å². The van der Waals surface area contributed by atoms with E-state index in [9.17, 15) is 19.2 Å². The monoisotopic (exact) mass is 427 g/mol. The molecule has 1 saturated heterocycles. The highest BCUT2D eigenvalue weighted by atomic mass is 32.2. The fraction of sp³-hybridized carbons (Fsp3) is 0.238. The average molecular weight is 427 g/mol. The molecule has 156 valence electrons. The standard InChI is InChI=1S/C21H21N3O5S/c1-12(18(26)29-3)30-16-10-5-4-9-15(16)17(25)22-14-8-6-7-13(11-14)21(2)19(27)23-20(28)24-21/h4-12H,1-3H3,(H,22,25)(H2,23,24,27,28)/t12-,21-/m1/s1. The van der Waals surface area contributed by atoms with Crippen molar-refractivity contribution in [2.45, 2.75) is 29.5 Å². The second-order valence-corrected chi connectivity index (χ2v) is 8.23. The van der Waals surface area contributed by atoms with Gasteiger partial charge in [0.1, 0.15) is 10.8 Å². The molecule has 1 aliphatic rings. The van der Waals surface area contributed by atoms with Gasteiger partial charge in [-0.15, -0.1) is 11.8 Å². The first-order valence-corrected chi connectivity index (χ1v) is 10.0. The van der Waals surface area contributed by atoms with Gasteiger partial charge in [-0.3, -0.25) is 19.7 Å². The van der Waals surface area contributed by atoms with E-state index in [-0.39, 0.29) is 11.9 Å².